The van der Waals surface area contributed by atoms with Crippen LogP contribution in [0.15, 0.2) is 11.1 Å². The molecule has 3 heterocycles. The fourth-order valence-electron chi connectivity index (χ4n) is 4.93. The van der Waals surface area contributed by atoms with Gasteiger partial charge in [0.1, 0.15) is 25.4 Å². The van der Waals surface area contributed by atoms with E-state index in [-0.39, 0.29) is 67.4 Å². The van der Waals surface area contributed by atoms with Crippen LogP contribution in [0.4, 0.5) is 5.95 Å². The average molecular weight is 717 g/mol. The lowest BCUT2D eigenvalue weighted by Gasteiger charge is -2.37. The number of amides is 1. The molecule has 19 heteroatoms. The monoisotopic (exact) mass is 716 g/mol. The van der Waals surface area contributed by atoms with Crippen molar-refractivity contribution in [3.05, 3.63) is 16.7 Å². The number of anilines is 1. The molecule has 2 N–H and O–H groups in total. The molecule has 0 radical (unpaired) electrons. The van der Waals surface area contributed by atoms with Crippen LogP contribution in [0.3, 0.4) is 0 Å². The van der Waals surface area contributed by atoms with Crippen LogP contribution < -0.4 is 10.9 Å². The number of imidazole rings is 1. The number of aromatic amines is 1. The third-order valence-corrected chi connectivity index (χ3v) is 9.10. The Bertz CT molecular complexity index is 1420. The fourth-order valence-corrected chi connectivity index (χ4v) is 6.57. The number of carbonyl (C=O) groups excluding carboxylic acids is 3. The molecular formula is C30H49N6O12P. The largest absolute Gasteiger partial charge is 0.463 e. The molecule has 1 amide bonds. The van der Waals surface area contributed by atoms with E-state index in [1.165, 1.54) is 24.7 Å². The molecular weight excluding hydrogens is 667 g/mol. The van der Waals surface area contributed by atoms with E-state index in [0.717, 1.165) is 0 Å². The second-order valence-electron chi connectivity index (χ2n) is 12.0. The first-order valence-corrected chi connectivity index (χ1v) is 17.1. The van der Waals surface area contributed by atoms with Gasteiger partial charge in [-0.05, 0) is 34.6 Å². The molecule has 18 nitrogen and oxygen atoms in total. The summed E-state index contributed by atoms with van der Waals surface area (Å²) in [6.07, 6.45) is -2.05. The van der Waals surface area contributed by atoms with Crippen LogP contribution in [-0.4, -0.2) is 112 Å². The molecule has 0 aliphatic carbocycles. The van der Waals surface area contributed by atoms with Gasteiger partial charge in [0.15, 0.2) is 17.4 Å². The van der Waals surface area contributed by atoms with Crippen LogP contribution in [0.5, 0.6) is 0 Å². The Balaban J connectivity index is 2.05. The maximum atomic E-state index is 13.0. The van der Waals surface area contributed by atoms with Crippen LogP contribution in [0.2, 0.25) is 0 Å². The molecule has 1 aliphatic heterocycles. The van der Waals surface area contributed by atoms with Crippen molar-refractivity contribution in [2.75, 3.05) is 38.9 Å². The Morgan fingerprint density at radius 2 is 1.59 bits per heavy atom. The van der Waals surface area contributed by atoms with Crippen molar-refractivity contribution in [3.63, 3.8) is 0 Å². The summed E-state index contributed by atoms with van der Waals surface area (Å²) < 4.78 is 50.5. The summed E-state index contributed by atoms with van der Waals surface area (Å²) in [4.78, 5) is 59.3. The molecule has 49 heavy (non-hydrogen) atoms. The van der Waals surface area contributed by atoms with Gasteiger partial charge in [-0.3, -0.25) is 34.0 Å². The molecule has 1 saturated heterocycles. The minimum absolute atomic E-state index is 0.00124. The van der Waals surface area contributed by atoms with Crippen molar-refractivity contribution in [1.82, 2.24) is 24.2 Å². The van der Waals surface area contributed by atoms with Gasteiger partial charge in [-0.2, -0.15) is 4.98 Å². The number of rotatable bonds is 19. The van der Waals surface area contributed by atoms with E-state index in [4.69, 9.17) is 37.5 Å². The topological polar surface area (TPSA) is 204 Å². The first kappa shape index (κ1) is 40.3. The van der Waals surface area contributed by atoms with Crippen molar-refractivity contribution in [2.24, 2.45) is 5.92 Å². The highest BCUT2D eigenvalue weighted by Crippen LogP contribution is 2.50. The molecule has 2 aromatic rings. The van der Waals surface area contributed by atoms with E-state index in [1.54, 1.807) is 27.9 Å². The average Bonchev–Trinajstić information content (AvgIpc) is 3.56. The van der Waals surface area contributed by atoms with E-state index in [2.05, 4.69) is 24.9 Å². The molecule has 2 aromatic heterocycles. The zero-order valence-electron chi connectivity index (χ0n) is 29.7. The first-order chi connectivity index (χ1) is 23.1. The molecule has 0 saturated carbocycles. The van der Waals surface area contributed by atoms with Gasteiger partial charge in [-0.1, -0.05) is 13.8 Å². The normalized spacial score (nSPS) is 20.2. The number of nitrogens with zero attached hydrogens (tertiary/aromatic N) is 4. The maximum absolute atomic E-state index is 13.0. The van der Waals surface area contributed by atoms with E-state index < -0.39 is 57.0 Å². The predicted octanol–water partition coefficient (Wildman–Crippen LogP) is 2.84. The van der Waals surface area contributed by atoms with E-state index >= 15 is 0 Å². The standard InChI is InChI=1S/C30H49N6O12P/c1-16(2)26(39)33-29-32-25-22(27(40)34-29)31-15-35(25)28-24(23(19(7)46-28)48-49(41-10)36(17(3)4)18(5)6)47-30(44-13-11-42-20(8)37)45-14-12-43-21(9)38/h15-19,23-24,28,30H,11-14H2,1-10H3,(H2,32,33,34,39,40)/t19-,23+,24?,28-,49?/m1/s1. The van der Waals surface area contributed by atoms with Gasteiger partial charge in [0.25, 0.3) is 20.6 Å². The smallest absolute Gasteiger partial charge is 0.302 e. The number of fused-ring (bicyclic) bond motifs is 1. The lowest BCUT2D eigenvalue weighted by atomic mass is 10.1. The maximum Gasteiger partial charge on any atom is 0.302 e. The Kier molecular flexibility index (Phi) is 15.5. The first-order valence-electron chi connectivity index (χ1n) is 16.0. The number of aromatic nitrogens is 4. The Hall–Kier alpha value is -3.09. The highest BCUT2D eigenvalue weighted by atomic mass is 31.2. The van der Waals surface area contributed by atoms with Crippen LogP contribution in [0.25, 0.3) is 11.2 Å². The number of nitrogens with one attached hydrogen (secondary N) is 2. The zero-order chi connectivity index (χ0) is 36.4. The molecule has 0 spiro atoms. The van der Waals surface area contributed by atoms with Crippen LogP contribution in [0.1, 0.15) is 68.5 Å². The van der Waals surface area contributed by atoms with Crippen LogP contribution in [0, 0.1) is 5.92 Å². The quantitative estimate of drug-likeness (QED) is 0.0929. The van der Waals surface area contributed by atoms with Gasteiger partial charge in [-0.25, -0.2) is 9.65 Å². The minimum atomic E-state index is -1.64. The second-order valence-corrected chi connectivity index (χ2v) is 13.5. The zero-order valence-corrected chi connectivity index (χ0v) is 30.6. The lowest BCUT2D eigenvalue weighted by molar-refractivity contribution is -0.320. The van der Waals surface area contributed by atoms with Crippen LogP contribution in [-0.2, 0) is 51.9 Å². The predicted molar refractivity (Wildman–Crippen MR) is 176 cm³/mol. The third kappa shape index (κ3) is 11.2. The number of esters is 2. The number of hydrogen-bond donors (Lipinski definition) is 2. The van der Waals surface area contributed by atoms with Gasteiger partial charge >= 0.3 is 11.9 Å². The van der Waals surface area contributed by atoms with Crippen LogP contribution >= 0.6 is 8.53 Å². The van der Waals surface area contributed by atoms with E-state index in [0.29, 0.717) is 0 Å². The van der Waals surface area contributed by atoms with Crippen molar-refractivity contribution >= 4 is 43.5 Å². The van der Waals surface area contributed by atoms with Crippen molar-refractivity contribution in [2.45, 2.75) is 105 Å². The minimum Gasteiger partial charge on any atom is -0.463 e. The summed E-state index contributed by atoms with van der Waals surface area (Å²) in [6.45, 7) is 14.1. The SMILES string of the molecule is COP(O[C@@H]1C(OC(OCCOC(C)=O)OCCOC(C)=O)[C@H](n2cnc3c(=O)[nH]c(NC(=O)C(C)C)nc32)O[C@@H]1C)N(C(C)C)C(C)C. The number of H-pyrrole nitrogens is 1. The van der Waals surface area contributed by atoms with Gasteiger partial charge < -0.3 is 37.5 Å². The summed E-state index contributed by atoms with van der Waals surface area (Å²) in [7, 11) is -0.0775. The summed E-state index contributed by atoms with van der Waals surface area (Å²) in [5.41, 5.74) is -0.469. The molecule has 276 valence electrons. The fraction of sp³-hybridized carbons (Fsp3) is 0.733. The van der Waals surface area contributed by atoms with Crippen molar-refractivity contribution in [3.8, 4) is 0 Å². The van der Waals surface area contributed by atoms with E-state index in [9.17, 15) is 19.2 Å². The Labute approximate surface area is 286 Å². The van der Waals surface area contributed by atoms with Gasteiger partial charge in [0.2, 0.25) is 11.9 Å². The Morgan fingerprint density at radius 3 is 2.10 bits per heavy atom. The summed E-state index contributed by atoms with van der Waals surface area (Å²) in [6, 6.07) is 0.127. The number of carbonyl (C=O) groups is 3. The molecule has 0 bridgehead atoms. The molecule has 2 unspecified atom stereocenters. The summed E-state index contributed by atoms with van der Waals surface area (Å²) in [5, 5.41) is 2.61. The highest BCUT2D eigenvalue weighted by molar-refractivity contribution is 7.44. The van der Waals surface area contributed by atoms with Crippen molar-refractivity contribution < 1.29 is 51.9 Å². The van der Waals surface area contributed by atoms with Gasteiger partial charge in [-0.15, -0.1) is 0 Å². The molecule has 5 atom stereocenters. The molecule has 1 aliphatic rings. The van der Waals surface area contributed by atoms with E-state index in [1.807, 2.05) is 27.7 Å². The van der Waals surface area contributed by atoms with Gasteiger partial charge in [0.05, 0.1) is 25.6 Å². The third-order valence-electron chi connectivity index (χ3n) is 7.06. The second kappa shape index (κ2) is 18.8. The molecule has 1 fully saturated rings. The number of ether oxygens (including phenoxy) is 6. The summed E-state index contributed by atoms with van der Waals surface area (Å²) >= 11 is 0. The molecule has 0 aromatic carbocycles. The highest BCUT2D eigenvalue weighted by Gasteiger charge is 2.49. The summed E-state index contributed by atoms with van der Waals surface area (Å²) in [5.74, 6) is -1.76. The lowest BCUT2D eigenvalue weighted by Crippen LogP contribution is -2.42. The molecule has 3 rings (SSSR count). The van der Waals surface area contributed by atoms with Gasteiger partial charge in [0, 0.05) is 39.0 Å². The van der Waals surface area contributed by atoms with Crippen molar-refractivity contribution in [1.29, 1.82) is 0 Å². The number of hydrogen-bond acceptors (Lipinski definition) is 15. The Morgan fingerprint density at radius 1 is 1.00 bits per heavy atom.